The summed E-state index contributed by atoms with van der Waals surface area (Å²) in [6.45, 7) is 1.65. The van der Waals surface area contributed by atoms with Crippen LogP contribution in [0.1, 0.15) is 26.3 Å². The van der Waals surface area contributed by atoms with Crippen molar-refractivity contribution in [2.24, 2.45) is 0 Å². The molecule has 0 fully saturated rings. The highest BCUT2D eigenvalue weighted by Gasteiger charge is 2.17. The molecule has 0 bridgehead atoms. The molecule has 126 valence electrons. The highest BCUT2D eigenvalue weighted by molar-refractivity contribution is 6.09. The van der Waals surface area contributed by atoms with Crippen LogP contribution in [0.4, 0.5) is 11.4 Å². The second-order valence-corrected chi connectivity index (χ2v) is 5.14. The summed E-state index contributed by atoms with van der Waals surface area (Å²) in [4.78, 5) is 34.9. The number of nitro benzene ring substituents is 1. The molecule has 0 heterocycles. The minimum absolute atomic E-state index is 0.0608. The summed E-state index contributed by atoms with van der Waals surface area (Å²) in [5.41, 5.74) is 0.956. The maximum absolute atomic E-state index is 12.4. The fourth-order valence-corrected chi connectivity index (χ4v) is 2.16. The van der Waals surface area contributed by atoms with Crippen molar-refractivity contribution in [3.63, 3.8) is 0 Å². The van der Waals surface area contributed by atoms with Gasteiger partial charge in [0.05, 0.1) is 22.7 Å². The summed E-state index contributed by atoms with van der Waals surface area (Å²) >= 11 is 0. The lowest BCUT2D eigenvalue weighted by atomic mass is 10.1. The summed E-state index contributed by atoms with van der Waals surface area (Å²) in [7, 11) is 0. The van der Waals surface area contributed by atoms with Crippen molar-refractivity contribution in [1.29, 1.82) is 0 Å². The molecule has 0 spiro atoms. The maximum Gasteiger partial charge on any atom is 0.273 e. The van der Waals surface area contributed by atoms with E-state index in [2.05, 4.69) is 16.6 Å². The smallest absolute Gasteiger partial charge is 0.273 e. The van der Waals surface area contributed by atoms with Crippen molar-refractivity contribution < 1.29 is 14.5 Å². The molecule has 7 nitrogen and oxygen atoms in total. The van der Waals surface area contributed by atoms with Crippen molar-refractivity contribution in [1.82, 2.24) is 5.32 Å². The first-order valence-electron chi connectivity index (χ1n) is 7.31. The van der Waals surface area contributed by atoms with Crippen LogP contribution in [0.2, 0.25) is 0 Å². The lowest BCUT2D eigenvalue weighted by molar-refractivity contribution is -0.385. The number of para-hydroxylation sites is 1. The van der Waals surface area contributed by atoms with E-state index in [1.165, 1.54) is 18.2 Å². The number of anilines is 1. The van der Waals surface area contributed by atoms with Gasteiger partial charge in [0.1, 0.15) is 0 Å². The third-order valence-corrected chi connectivity index (χ3v) is 3.44. The van der Waals surface area contributed by atoms with Gasteiger partial charge in [0.25, 0.3) is 17.5 Å². The fourth-order valence-electron chi connectivity index (χ4n) is 2.16. The van der Waals surface area contributed by atoms with Gasteiger partial charge in [-0.3, -0.25) is 19.7 Å². The van der Waals surface area contributed by atoms with Crippen molar-refractivity contribution in [3.05, 3.63) is 69.3 Å². The third kappa shape index (κ3) is 4.20. The van der Waals surface area contributed by atoms with Crippen LogP contribution >= 0.6 is 0 Å². The molecule has 0 saturated carbocycles. The molecule has 0 atom stereocenters. The topological polar surface area (TPSA) is 101 Å². The number of carbonyl (C=O) groups excluding carboxylic acids is 2. The number of benzene rings is 2. The van der Waals surface area contributed by atoms with E-state index in [4.69, 9.17) is 6.42 Å². The molecule has 2 aromatic rings. The van der Waals surface area contributed by atoms with E-state index in [0.29, 0.717) is 5.56 Å². The first-order valence-corrected chi connectivity index (χ1v) is 7.31. The molecule has 0 radical (unpaired) electrons. The molecular weight excluding hydrogens is 322 g/mol. The van der Waals surface area contributed by atoms with E-state index < -0.39 is 16.7 Å². The minimum atomic E-state index is -0.555. The Kier molecular flexibility index (Phi) is 5.48. The monoisotopic (exact) mass is 337 g/mol. The average Bonchev–Trinajstić information content (AvgIpc) is 2.60. The molecule has 7 heteroatoms. The van der Waals surface area contributed by atoms with E-state index >= 15 is 0 Å². The van der Waals surface area contributed by atoms with Crippen LogP contribution in [0.25, 0.3) is 0 Å². The molecular formula is C18H15N3O4. The predicted molar refractivity (Wildman–Crippen MR) is 93.4 cm³/mol. The van der Waals surface area contributed by atoms with Gasteiger partial charge in [-0.05, 0) is 25.1 Å². The Hall–Kier alpha value is -3.66. The van der Waals surface area contributed by atoms with Crippen molar-refractivity contribution >= 4 is 23.2 Å². The van der Waals surface area contributed by atoms with Gasteiger partial charge in [0.2, 0.25) is 0 Å². The Morgan fingerprint density at radius 3 is 2.60 bits per heavy atom. The molecule has 0 aliphatic heterocycles. The van der Waals surface area contributed by atoms with E-state index in [1.54, 1.807) is 31.2 Å². The van der Waals surface area contributed by atoms with Gasteiger partial charge in [0.15, 0.2) is 0 Å². The van der Waals surface area contributed by atoms with Crippen LogP contribution in [0.15, 0.2) is 42.5 Å². The number of carbonyl (C=O) groups is 2. The number of amides is 2. The maximum atomic E-state index is 12.4. The fraction of sp³-hybridized carbons (Fsp3) is 0.111. The van der Waals surface area contributed by atoms with Gasteiger partial charge in [-0.1, -0.05) is 24.1 Å². The standard InChI is InChI=1S/C18H15N3O4/c1-3-10-19-18(23)14-6-4-5-7-15(14)20-17(22)13-9-8-12(2)16(11-13)21(24)25/h1,4-9,11H,10H2,2H3,(H,19,23)(H,20,22). The Bertz CT molecular complexity index is 884. The lowest BCUT2D eigenvalue weighted by Crippen LogP contribution is -2.25. The van der Waals surface area contributed by atoms with Crippen molar-refractivity contribution in [2.45, 2.75) is 6.92 Å². The van der Waals surface area contributed by atoms with Crippen LogP contribution in [0.3, 0.4) is 0 Å². The highest BCUT2D eigenvalue weighted by Crippen LogP contribution is 2.21. The van der Waals surface area contributed by atoms with Crippen LogP contribution in [0, 0.1) is 29.4 Å². The Labute approximate surface area is 144 Å². The zero-order chi connectivity index (χ0) is 18.4. The van der Waals surface area contributed by atoms with Crippen LogP contribution in [0.5, 0.6) is 0 Å². The Morgan fingerprint density at radius 2 is 1.92 bits per heavy atom. The SMILES string of the molecule is C#CCNC(=O)c1ccccc1NC(=O)c1ccc(C)c([N+](=O)[O-])c1. The second kappa shape index (κ2) is 7.75. The lowest BCUT2D eigenvalue weighted by Gasteiger charge is -2.11. The molecule has 0 unspecified atom stereocenters. The van der Waals surface area contributed by atoms with Gasteiger partial charge in [-0.15, -0.1) is 6.42 Å². The Morgan fingerprint density at radius 1 is 1.20 bits per heavy atom. The molecule has 0 saturated heterocycles. The minimum Gasteiger partial charge on any atom is -0.341 e. The molecule has 0 aromatic heterocycles. The molecule has 2 aromatic carbocycles. The first kappa shape index (κ1) is 17.7. The van der Waals surface area contributed by atoms with Crippen molar-refractivity contribution in [3.8, 4) is 12.3 Å². The number of nitrogens with one attached hydrogen (secondary N) is 2. The molecule has 0 aliphatic rings. The van der Waals surface area contributed by atoms with Gasteiger partial charge >= 0.3 is 0 Å². The number of hydrogen-bond acceptors (Lipinski definition) is 4. The molecule has 2 rings (SSSR count). The van der Waals surface area contributed by atoms with Gasteiger partial charge < -0.3 is 10.6 Å². The summed E-state index contributed by atoms with van der Waals surface area (Å²) < 4.78 is 0. The normalized spacial score (nSPS) is 9.76. The summed E-state index contributed by atoms with van der Waals surface area (Å²) in [5, 5.41) is 16.1. The Balaban J connectivity index is 2.27. The number of rotatable bonds is 5. The number of terminal acetylenes is 1. The van der Waals surface area contributed by atoms with Crippen LogP contribution in [-0.4, -0.2) is 23.3 Å². The molecule has 2 amide bonds. The van der Waals surface area contributed by atoms with E-state index in [0.717, 1.165) is 0 Å². The summed E-state index contributed by atoms with van der Waals surface area (Å²) in [6.07, 6.45) is 5.11. The molecule has 0 aliphatic carbocycles. The van der Waals surface area contributed by atoms with Crippen LogP contribution < -0.4 is 10.6 Å². The number of nitrogens with zero attached hydrogens (tertiary/aromatic N) is 1. The predicted octanol–water partition coefficient (Wildman–Crippen LogP) is 2.52. The second-order valence-electron chi connectivity index (χ2n) is 5.14. The number of aryl methyl sites for hydroxylation is 1. The van der Waals surface area contributed by atoms with Gasteiger partial charge in [-0.25, -0.2) is 0 Å². The summed E-state index contributed by atoms with van der Waals surface area (Å²) in [6, 6.07) is 10.6. The largest absolute Gasteiger partial charge is 0.341 e. The van der Waals surface area contributed by atoms with Crippen molar-refractivity contribution in [2.75, 3.05) is 11.9 Å². The number of hydrogen-bond donors (Lipinski definition) is 2. The zero-order valence-corrected chi connectivity index (χ0v) is 13.4. The van der Waals surface area contributed by atoms with E-state index in [1.807, 2.05) is 0 Å². The third-order valence-electron chi connectivity index (χ3n) is 3.44. The first-order chi connectivity index (χ1) is 11.9. The quantitative estimate of drug-likeness (QED) is 0.497. The average molecular weight is 337 g/mol. The van der Waals surface area contributed by atoms with Gasteiger partial charge in [0, 0.05) is 17.2 Å². The van der Waals surface area contributed by atoms with E-state index in [-0.39, 0.29) is 29.0 Å². The number of nitro groups is 1. The molecule has 25 heavy (non-hydrogen) atoms. The van der Waals surface area contributed by atoms with E-state index in [9.17, 15) is 19.7 Å². The molecule has 2 N–H and O–H groups in total. The van der Waals surface area contributed by atoms with Gasteiger partial charge in [-0.2, -0.15) is 0 Å². The highest BCUT2D eigenvalue weighted by atomic mass is 16.6. The van der Waals surface area contributed by atoms with Crippen LogP contribution in [-0.2, 0) is 0 Å². The summed E-state index contributed by atoms with van der Waals surface area (Å²) in [5.74, 6) is 1.31. The zero-order valence-electron chi connectivity index (χ0n) is 13.4.